The van der Waals surface area contributed by atoms with Crippen molar-refractivity contribution in [1.29, 1.82) is 0 Å². The largest absolute Gasteiger partial charge is 0.443 e. The molecule has 2 aromatic rings. The number of carbonyl (C=O) groups is 1. The number of hydrogen-bond acceptors (Lipinski definition) is 6. The molecule has 0 aliphatic carbocycles. The molecule has 7 nitrogen and oxygen atoms in total. The van der Waals surface area contributed by atoms with Gasteiger partial charge in [-0.05, 0) is 43.1 Å². The molecule has 34 heavy (non-hydrogen) atoms. The summed E-state index contributed by atoms with van der Waals surface area (Å²) in [4.78, 5) is 12.9. The van der Waals surface area contributed by atoms with Crippen LogP contribution in [0.5, 0.6) is 0 Å². The first-order valence-corrected chi connectivity index (χ1v) is 14.7. The van der Waals surface area contributed by atoms with E-state index in [0.29, 0.717) is 4.31 Å². The fraction of sp³-hybridized carbons (Fsp3) is 0.480. The lowest BCUT2D eigenvalue weighted by molar-refractivity contribution is 0.0296. The Morgan fingerprint density at radius 2 is 1.41 bits per heavy atom. The third-order valence-electron chi connectivity index (χ3n) is 5.82. The van der Waals surface area contributed by atoms with Crippen molar-refractivity contribution in [1.82, 2.24) is 4.31 Å². The van der Waals surface area contributed by atoms with E-state index < -0.39 is 42.5 Å². The van der Waals surface area contributed by atoms with Crippen LogP contribution < -0.4 is 10.4 Å². The van der Waals surface area contributed by atoms with Crippen molar-refractivity contribution in [3.8, 4) is 0 Å². The minimum atomic E-state index is -4.30. The van der Waals surface area contributed by atoms with Crippen LogP contribution in [0, 0.1) is 0 Å². The molecule has 0 N–H and O–H groups in total. The first-order chi connectivity index (χ1) is 15.7. The molecule has 0 unspecified atom stereocenters. The van der Waals surface area contributed by atoms with Crippen LogP contribution in [0.25, 0.3) is 0 Å². The van der Waals surface area contributed by atoms with E-state index in [1.165, 1.54) is 0 Å². The Labute approximate surface area is 204 Å². The Morgan fingerprint density at radius 3 is 1.82 bits per heavy atom. The number of ether oxygens (including phenoxy) is 1. The number of rotatable bonds is 5. The van der Waals surface area contributed by atoms with Gasteiger partial charge in [0.05, 0.1) is 6.61 Å². The molecule has 2 atom stereocenters. The van der Waals surface area contributed by atoms with Gasteiger partial charge >= 0.3 is 16.4 Å². The molecule has 3 rings (SSSR count). The monoisotopic (exact) mass is 505 g/mol. The average Bonchev–Trinajstić information content (AvgIpc) is 2.95. The second kappa shape index (κ2) is 9.45. The van der Waals surface area contributed by atoms with Crippen LogP contribution in [-0.2, 0) is 23.7 Å². The van der Waals surface area contributed by atoms with Gasteiger partial charge in [-0.1, -0.05) is 81.4 Å². The summed E-state index contributed by atoms with van der Waals surface area (Å²) in [6.07, 6.45) is -1.75. The summed E-state index contributed by atoms with van der Waals surface area (Å²) < 4.78 is 43.6. The van der Waals surface area contributed by atoms with Crippen LogP contribution in [-0.4, -0.2) is 51.5 Å². The van der Waals surface area contributed by atoms with Crippen LogP contribution in [0.4, 0.5) is 4.79 Å². The second-order valence-electron chi connectivity index (χ2n) is 10.6. The van der Waals surface area contributed by atoms with Crippen LogP contribution in [0.3, 0.4) is 0 Å². The Balaban J connectivity index is 2.06. The van der Waals surface area contributed by atoms with Gasteiger partial charge in [-0.3, -0.25) is 0 Å². The molecule has 0 spiro atoms. The lowest BCUT2D eigenvalue weighted by Gasteiger charge is -2.43. The molecule has 1 fully saturated rings. The van der Waals surface area contributed by atoms with E-state index in [0.717, 1.165) is 10.4 Å². The molecule has 1 heterocycles. The van der Waals surface area contributed by atoms with Crippen molar-refractivity contribution < 1.29 is 26.6 Å². The molecule has 0 saturated carbocycles. The van der Waals surface area contributed by atoms with Gasteiger partial charge in [0.2, 0.25) is 0 Å². The van der Waals surface area contributed by atoms with Crippen molar-refractivity contribution in [2.45, 2.75) is 71.3 Å². The van der Waals surface area contributed by atoms with Crippen LogP contribution in [0.1, 0.15) is 48.5 Å². The van der Waals surface area contributed by atoms with E-state index in [1.54, 1.807) is 27.7 Å². The summed E-state index contributed by atoms with van der Waals surface area (Å²) in [6, 6.07) is 19.2. The second-order valence-corrected chi connectivity index (χ2v) is 16.3. The molecule has 1 aliphatic heterocycles. The number of benzene rings is 2. The summed E-state index contributed by atoms with van der Waals surface area (Å²) in [5.41, 5.74) is -0.859. The molecular formula is C25H35NO6SSi. The normalized spacial score (nSPS) is 20.9. The maximum absolute atomic E-state index is 12.9. The van der Waals surface area contributed by atoms with E-state index in [1.807, 2.05) is 36.4 Å². The van der Waals surface area contributed by atoms with E-state index in [2.05, 4.69) is 45.0 Å². The molecule has 0 aromatic heterocycles. The van der Waals surface area contributed by atoms with Crippen molar-refractivity contribution >= 4 is 35.1 Å². The zero-order valence-corrected chi connectivity index (χ0v) is 22.8. The summed E-state index contributed by atoms with van der Waals surface area (Å²) in [7, 11) is -7.23. The van der Waals surface area contributed by atoms with Gasteiger partial charge in [-0.2, -0.15) is 12.7 Å². The predicted molar refractivity (Wildman–Crippen MR) is 135 cm³/mol. The number of nitrogens with zero attached hydrogens (tertiary/aromatic N) is 1. The molecule has 0 radical (unpaired) electrons. The van der Waals surface area contributed by atoms with Gasteiger partial charge in [0, 0.05) is 0 Å². The SMILES string of the molecule is C[C@H]1OS(=O)(=O)N(C(=O)OC(C)(C)C)[C@H]1CO[Si](c1ccccc1)(c1ccccc1)C(C)(C)C. The summed E-state index contributed by atoms with van der Waals surface area (Å²) >= 11 is 0. The van der Waals surface area contributed by atoms with E-state index in [-0.39, 0.29) is 11.6 Å². The van der Waals surface area contributed by atoms with Crippen LogP contribution >= 0.6 is 0 Å². The summed E-state index contributed by atoms with van der Waals surface area (Å²) in [6.45, 7) is 13.1. The molecule has 1 saturated heterocycles. The fourth-order valence-electron chi connectivity index (χ4n) is 4.37. The lowest BCUT2D eigenvalue weighted by atomic mass is 10.2. The fourth-order valence-corrected chi connectivity index (χ4v) is 10.3. The molecular weight excluding hydrogens is 470 g/mol. The molecule has 1 amide bonds. The first kappa shape index (κ1) is 26.4. The molecule has 186 valence electrons. The third-order valence-corrected chi connectivity index (χ3v) is 12.3. The number of hydrogen-bond donors (Lipinski definition) is 0. The van der Waals surface area contributed by atoms with Crippen LogP contribution in [0.15, 0.2) is 60.7 Å². The zero-order valence-electron chi connectivity index (χ0n) is 20.9. The topological polar surface area (TPSA) is 82.1 Å². The number of amides is 1. The van der Waals surface area contributed by atoms with E-state index >= 15 is 0 Å². The zero-order chi connectivity index (χ0) is 25.4. The standard InChI is InChI=1S/C25H35NO6SSi/c1-19-22(26(33(28,29)32-19)23(27)31-24(2,3)4)18-30-34(25(5,6)7,20-14-10-8-11-15-20)21-16-12-9-13-17-21/h8-17,19,22H,18H2,1-7H3/t19-,22+/m1/s1. The van der Waals surface area contributed by atoms with Gasteiger partial charge in [0.15, 0.2) is 0 Å². The van der Waals surface area contributed by atoms with E-state index in [9.17, 15) is 13.2 Å². The quantitative estimate of drug-likeness (QED) is 0.575. The summed E-state index contributed by atoms with van der Waals surface area (Å²) in [5.74, 6) is 0. The third kappa shape index (κ3) is 5.22. The van der Waals surface area contributed by atoms with Gasteiger partial charge in [-0.25, -0.2) is 8.98 Å². The van der Waals surface area contributed by atoms with Gasteiger partial charge in [0.1, 0.15) is 17.7 Å². The van der Waals surface area contributed by atoms with E-state index in [4.69, 9.17) is 13.3 Å². The van der Waals surface area contributed by atoms with Crippen molar-refractivity contribution in [2.24, 2.45) is 0 Å². The Bertz CT molecular complexity index is 1050. The highest BCUT2D eigenvalue weighted by atomic mass is 32.2. The van der Waals surface area contributed by atoms with Crippen molar-refractivity contribution in [2.75, 3.05) is 6.61 Å². The minimum Gasteiger partial charge on any atom is -0.443 e. The lowest BCUT2D eigenvalue weighted by Crippen LogP contribution is -2.67. The smallest absolute Gasteiger partial charge is 0.426 e. The Morgan fingerprint density at radius 1 is 0.941 bits per heavy atom. The highest BCUT2D eigenvalue weighted by Gasteiger charge is 2.54. The number of carbonyl (C=O) groups excluding carboxylic acids is 1. The molecule has 2 aromatic carbocycles. The van der Waals surface area contributed by atoms with Crippen LogP contribution in [0.2, 0.25) is 5.04 Å². The van der Waals surface area contributed by atoms with Gasteiger partial charge < -0.3 is 9.16 Å². The molecule has 1 aliphatic rings. The molecule has 0 bridgehead atoms. The van der Waals surface area contributed by atoms with Crippen molar-refractivity contribution in [3.63, 3.8) is 0 Å². The van der Waals surface area contributed by atoms with Gasteiger partial charge in [-0.15, -0.1) is 0 Å². The maximum Gasteiger partial charge on any atom is 0.426 e. The highest BCUT2D eigenvalue weighted by Crippen LogP contribution is 2.38. The first-order valence-electron chi connectivity index (χ1n) is 11.4. The Kier molecular flexibility index (Phi) is 7.34. The van der Waals surface area contributed by atoms with Crippen molar-refractivity contribution in [3.05, 3.63) is 60.7 Å². The van der Waals surface area contributed by atoms with Gasteiger partial charge in [0.25, 0.3) is 8.32 Å². The highest BCUT2D eigenvalue weighted by molar-refractivity contribution is 7.85. The predicted octanol–water partition coefficient (Wildman–Crippen LogP) is 3.83. The molecule has 9 heteroatoms. The average molecular weight is 506 g/mol. The minimum absolute atomic E-state index is 0.0209. The Hall–Kier alpha value is -2.20. The maximum atomic E-state index is 12.9. The summed E-state index contributed by atoms with van der Waals surface area (Å²) in [5, 5.41) is 1.83.